The summed E-state index contributed by atoms with van der Waals surface area (Å²) in [6.07, 6.45) is 9.73. The van der Waals surface area contributed by atoms with Crippen molar-refractivity contribution in [2.24, 2.45) is 5.41 Å². The molecule has 1 heterocycles. The minimum atomic E-state index is 0.468. The van der Waals surface area contributed by atoms with Crippen LogP contribution in [0.4, 0.5) is 0 Å². The highest BCUT2D eigenvalue weighted by molar-refractivity contribution is 4.98. The maximum Gasteiger partial charge on any atom is 0.0274 e. The molecule has 1 aliphatic heterocycles. The lowest BCUT2D eigenvalue weighted by atomic mass is 9.70. The predicted octanol–water partition coefficient (Wildman–Crippen LogP) is 3.42. The Labute approximate surface area is 114 Å². The first-order valence-corrected chi connectivity index (χ1v) is 8.12. The summed E-state index contributed by atoms with van der Waals surface area (Å²) >= 11 is 0. The van der Waals surface area contributed by atoms with Crippen LogP contribution < -0.4 is 5.32 Å². The van der Waals surface area contributed by atoms with Crippen LogP contribution in [0.25, 0.3) is 0 Å². The maximum atomic E-state index is 3.87. The van der Waals surface area contributed by atoms with Crippen molar-refractivity contribution in [1.82, 2.24) is 10.2 Å². The fraction of sp³-hybridized carbons (Fsp3) is 1.00. The minimum Gasteiger partial charge on any atom is -0.312 e. The SMILES string of the molecule is CCCNC1C(N2CCCCC2)CCCC1(C)C. The number of likely N-dealkylation sites (tertiary alicyclic amines) is 1. The second-order valence-electron chi connectivity index (χ2n) is 6.98. The first kappa shape index (κ1) is 14.3. The zero-order valence-electron chi connectivity index (χ0n) is 12.7. The molecule has 106 valence electrons. The average Bonchev–Trinajstić information content (AvgIpc) is 2.37. The van der Waals surface area contributed by atoms with Crippen LogP contribution in [0.15, 0.2) is 0 Å². The Balaban J connectivity index is 2.04. The fourth-order valence-corrected chi connectivity index (χ4v) is 3.97. The molecule has 1 N–H and O–H groups in total. The molecule has 0 spiro atoms. The molecule has 2 fully saturated rings. The largest absolute Gasteiger partial charge is 0.312 e. The third-order valence-electron chi connectivity index (χ3n) is 5.02. The molecule has 18 heavy (non-hydrogen) atoms. The van der Waals surface area contributed by atoms with E-state index in [1.807, 2.05) is 0 Å². The van der Waals surface area contributed by atoms with Gasteiger partial charge in [-0.2, -0.15) is 0 Å². The molecule has 2 aliphatic rings. The number of hydrogen-bond acceptors (Lipinski definition) is 2. The molecule has 1 saturated carbocycles. The lowest BCUT2D eigenvalue weighted by Crippen LogP contribution is -2.59. The summed E-state index contributed by atoms with van der Waals surface area (Å²) in [5.74, 6) is 0. The Morgan fingerprint density at radius 3 is 2.50 bits per heavy atom. The smallest absolute Gasteiger partial charge is 0.0274 e. The minimum absolute atomic E-state index is 0.468. The van der Waals surface area contributed by atoms with Crippen LogP contribution in [0.2, 0.25) is 0 Å². The van der Waals surface area contributed by atoms with Crippen LogP contribution in [-0.4, -0.2) is 36.6 Å². The van der Waals surface area contributed by atoms with E-state index in [0.29, 0.717) is 11.5 Å². The second-order valence-corrected chi connectivity index (χ2v) is 6.98. The first-order valence-electron chi connectivity index (χ1n) is 8.12. The monoisotopic (exact) mass is 252 g/mol. The third kappa shape index (κ3) is 3.27. The van der Waals surface area contributed by atoms with Crippen LogP contribution >= 0.6 is 0 Å². The third-order valence-corrected chi connectivity index (χ3v) is 5.02. The van der Waals surface area contributed by atoms with E-state index in [1.54, 1.807) is 0 Å². The van der Waals surface area contributed by atoms with Gasteiger partial charge in [0, 0.05) is 12.1 Å². The highest BCUT2D eigenvalue weighted by Crippen LogP contribution is 2.38. The molecular formula is C16H32N2. The fourth-order valence-electron chi connectivity index (χ4n) is 3.97. The van der Waals surface area contributed by atoms with Gasteiger partial charge in [0.2, 0.25) is 0 Å². The summed E-state index contributed by atoms with van der Waals surface area (Å²) in [6, 6.07) is 1.49. The van der Waals surface area contributed by atoms with Gasteiger partial charge in [-0.15, -0.1) is 0 Å². The van der Waals surface area contributed by atoms with E-state index in [1.165, 1.54) is 64.6 Å². The number of nitrogens with zero attached hydrogens (tertiary/aromatic N) is 1. The van der Waals surface area contributed by atoms with Gasteiger partial charge in [-0.05, 0) is 57.2 Å². The lowest BCUT2D eigenvalue weighted by molar-refractivity contribution is 0.0378. The van der Waals surface area contributed by atoms with Gasteiger partial charge >= 0.3 is 0 Å². The van der Waals surface area contributed by atoms with Gasteiger partial charge < -0.3 is 5.32 Å². The number of hydrogen-bond donors (Lipinski definition) is 1. The zero-order chi connectivity index (χ0) is 13.0. The Bertz CT molecular complexity index is 243. The molecule has 2 heteroatoms. The van der Waals surface area contributed by atoms with Gasteiger partial charge in [0.1, 0.15) is 0 Å². The molecular weight excluding hydrogens is 220 g/mol. The van der Waals surface area contributed by atoms with Crippen molar-refractivity contribution in [2.45, 2.75) is 77.8 Å². The summed E-state index contributed by atoms with van der Waals surface area (Å²) in [5, 5.41) is 3.87. The molecule has 0 radical (unpaired) electrons. The van der Waals surface area contributed by atoms with E-state index < -0.39 is 0 Å². The lowest BCUT2D eigenvalue weighted by Gasteiger charge is -2.49. The molecule has 2 rings (SSSR count). The summed E-state index contributed by atoms with van der Waals surface area (Å²) in [5.41, 5.74) is 0.468. The topological polar surface area (TPSA) is 15.3 Å². The average molecular weight is 252 g/mol. The normalized spacial score (nSPS) is 33.5. The van der Waals surface area contributed by atoms with Crippen LogP contribution in [-0.2, 0) is 0 Å². The Kier molecular flexibility index (Phi) is 5.08. The van der Waals surface area contributed by atoms with E-state index in [4.69, 9.17) is 0 Å². The molecule has 0 amide bonds. The van der Waals surface area contributed by atoms with E-state index in [0.717, 1.165) is 6.04 Å². The molecule has 1 saturated heterocycles. The molecule has 0 aromatic carbocycles. The van der Waals surface area contributed by atoms with Gasteiger partial charge in [0.25, 0.3) is 0 Å². The molecule has 0 aromatic rings. The van der Waals surface area contributed by atoms with Crippen molar-refractivity contribution in [3.63, 3.8) is 0 Å². The molecule has 2 atom stereocenters. The van der Waals surface area contributed by atoms with Crippen molar-refractivity contribution in [2.75, 3.05) is 19.6 Å². The number of nitrogens with one attached hydrogen (secondary N) is 1. The van der Waals surface area contributed by atoms with E-state index in [9.17, 15) is 0 Å². The number of rotatable bonds is 4. The van der Waals surface area contributed by atoms with Gasteiger partial charge in [0.05, 0.1) is 0 Å². The summed E-state index contributed by atoms with van der Waals surface area (Å²) < 4.78 is 0. The highest BCUT2D eigenvalue weighted by atomic mass is 15.2. The molecule has 0 aromatic heterocycles. The molecule has 1 aliphatic carbocycles. The molecule has 2 nitrogen and oxygen atoms in total. The maximum absolute atomic E-state index is 3.87. The Morgan fingerprint density at radius 1 is 1.11 bits per heavy atom. The van der Waals surface area contributed by atoms with E-state index >= 15 is 0 Å². The van der Waals surface area contributed by atoms with Gasteiger partial charge in [0.15, 0.2) is 0 Å². The first-order chi connectivity index (χ1) is 8.65. The van der Waals surface area contributed by atoms with Crippen LogP contribution in [0, 0.1) is 5.41 Å². The Morgan fingerprint density at radius 2 is 1.83 bits per heavy atom. The van der Waals surface area contributed by atoms with Crippen LogP contribution in [0.3, 0.4) is 0 Å². The van der Waals surface area contributed by atoms with Crippen molar-refractivity contribution in [3.8, 4) is 0 Å². The predicted molar refractivity (Wildman–Crippen MR) is 78.9 cm³/mol. The van der Waals surface area contributed by atoms with Crippen molar-refractivity contribution in [1.29, 1.82) is 0 Å². The van der Waals surface area contributed by atoms with Gasteiger partial charge in [-0.1, -0.05) is 33.6 Å². The van der Waals surface area contributed by atoms with Crippen LogP contribution in [0.5, 0.6) is 0 Å². The standard InChI is InChI=1S/C16H32N2/c1-4-11-17-15-14(9-8-10-16(15,2)3)18-12-6-5-7-13-18/h14-15,17H,4-13H2,1-3H3. The van der Waals surface area contributed by atoms with Crippen LogP contribution in [0.1, 0.15) is 65.7 Å². The van der Waals surface area contributed by atoms with Gasteiger partial charge in [-0.25, -0.2) is 0 Å². The van der Waals surface area contributed by atoms with Crippen molar-refractivity contribution >= 4 is 0 Å². The van der Waals surface area contributed by atoms with Crippen molar-refractivity contribution in [3.05, 3.63) is 0 Å². The van der Waals surface area contributed by atoms with Gasteiger partial charge in [-0.3, -0.25) is 4.90 Å². The molecule has 0 bridgehead atoms. The summed E-state index contributed by atoms with van der Waals surface area (Å²) in [7, 11) is 0. The summed E-state index contributed by atoms with van der Waals surface area (Å²) in [6.45, 7) is 11.1. The Hall–Kier alpha value is -0.0800. The zero-order valence-corrected chi connectivity index (χ0v) is 12.7. The summed E-state index contributed by atoms with van der Waals surface area (Å²) in [4.78, 5) is 2.79. The van der Waals surface area contributed by atoms with E-state index in [2.05, 4.69) is 31.0 Å². The number of piperidine rings is 1. The second kappa shape index (κ2) is 6.38. The van der Waals surface area contributed by atoms with E-state index in [-0.39, 0.29) is 0 Å². The molecule has 2 unspecified atom stereocenters. The highest BCUT2D eigenvalue weighted by Gasteiger charge is 2.41. The van der Waals surface area contributed by atoms with Crippen molar-refractivity contribution < 1.29 is 0 Å². The quantitative estimate of drug-likeness (QED) is 0.825.